The molecule has 232 valence electrons. The fourth-order valence-corrected chi connectivity index (χ4v) is 7.06. The molecule has 2 amide bonds. The van der Waals surface area contributed by atoms with E-state index in [-0.39, 0.29) is 17.2 Å². The molecule has 3 atom stereocenters. The highest BCUT2D eigenvalue weighted by Gasteiger charge is 2.55. The van der Waals surface area contributed by atoms with Gasteiger partial charge in [0.2, 0.25) is 12.1 Å². The zero-order chi connectivity index (χ0) is 31.7. The quantitative estimate of drug-likeness (QED) is 0.0745. The molecule has 1 aromatic heterocycles. The van der Waals surface area contributed by atoms with E-state index < -0.39 is 64.2 Å². The first-order valence-electron chi connectivity index (χ1n) is 12.3. The van der Waals surface area contributed by atoms with E-state index in [1.807, 2.05) is 0 Å². The van der Waals surface area contributed by atoms with Crippen molar-refractivity contribution in [1.29, 1.82) is 0 Å². The molecule has 0 aliphatic carbocycles. The number of oxime groups is 1. The van der Waals surface area contributed by atoms with Crippen LogP contribution in [-0.4, -0.2) is 84.3 Å². The third-order valence-electron chi connectivity index (χ3n) is 6.24. The Labute approximate surface area is 255 Å². The van der Waals surface area contributed by atoms with Crippen molar-refractivity contribution in [2.24, 2.45) is 10.9 Å². The molecule has 3 aliphatic rings. The number of aliphatic carboxylic acids is 2. The molecular weight excluding hydrogens is 637 g/mol. The number of aromatic nitrogens is 1. The molecule has 3 aliphatic heterocycles. The van der Waals surface area contributed by atoms with Gasteiger partial charge in [0.05, 0.1) is 0 Å². The van der Waals surface area contributed by atoms with E-state index in [2.05, 4.69) is 15.8 Å². The summed E-state index contributed by atoms with van der Waals surface area (Å²) in [6.07, 6.45) is -0.381. The third kappa shape index (κ3) is 7.22. The maximum atomic E-state index is 13.3. The number of carbonyl (C=O) groups excluding carboxylic acids is 2. The van der Waals surface area contributed by atoms with Crippen LogP contribution in [0.3, 0.4) is 0 Å². The SMILES string of the molecule is CC(C)(O/N=C(/C(=O)N[C@@H]1C(=O)N2C(C(=O)O)=C(CSc3cc[n+](CC(F)(F)F)cc3)CS[C@H]12)C1(N)NC=CS1)C(=O)O. The van der Waals surface area contributed by atoms with Crippen molar-refractivity contribution in [3.05, 3.63) is 47.4 Å². The number of carboxylic acids is 2. The van der Waals surface area contributed by atoms with Crippen LogP contribution < -0.4 is 20.9 Å². The van der Waals surface area contributed by atoms with Crippen LogP contribution in [0.1, 0.15) is 13.8 Å². The highest BCUT2D eigenvalue weighted by molar-refractivity contribution is 8.04. The molecular formula is C24H26F3N6O7S3+. The maximum Gasteiger partial charge on any atom is 0.448 e. The smallest absolute Gasteiger partial charge is 0.448 e. The summed E-state index contributed by atoms with van der Waals surface area (Å²) >= 11 is 3.38. The predicted molar refractivity (Wildman–Crippen MR) is 150 cm³/mol. The molecule has 43 heavy (non-hydrogen) atoms. The summed E-state index contributed by atoms with van der Waals surface area (Å²) in [7, 11) is 0. The third-order valence-corrected chi connectivity index (χ3v) is 9.63. The van der Waals surface area contributed by atoms with Crippen LogP contribution in [0.2, 0.25) is 0 Å². The molecule has 1 unspecified atom stereocenters. The van der Waals surface area contributed by atoms with Gasteiger partial charge in [-0.2, -0.15) is 17.7 Å². The van der Waals surface area contributed by atoms with Gasteiger partial charge in [-0.05, 0) is 24.8 Å². The minimum Gasteiger partial charge on any atom is -0.478 e. The Kier molecular flexibility index (Phi) is 9.29. The van der Waals surface area contributed by atoms with Gasteiger partial charge in [0.25, 0.3) is 11.8 Å². The number of nitrogens with zero attached hydrogens (tertiary/aromatic N) is 3. The summed E-state index contributed by atoms with van der Waals surface area (Å²) in [4.78, 5) is 55.2. The number of thioether (sulfide) groups is 3. The van der Waals surface area contributed by atoms with Gasteiger partial charge in [-0.25, -0.2) is 9.59 Å². The van der Waals surface area contributed by atoms with Gasteiger partial charge in [-0.3, -0.25) is 20.2 Å². The lowest BCUT2D eigenvalue weighted by Gasteiger charge is -2.49. The van der Waals surface area contributed by atoms with Crippen LogP contribution >= 0.6 is 35.3 Å². The molecule has 4 heterocycles. The summed E-state index contributed by atoms with van der Waals surface area (Å²) in [5.74, 6) is -3.96. The van der Waals surface area contributed by atoms with Gasteiger partial charge in [0.15, 0.2) is 23.1 Å². The summed E-state index contributed by atoms with van der Waals surface area (Å²) < 4.78 is 38.8. The van der Waals surface area contributed by atoms with Gasteiger partial charge in [0.1, 0.15) is 17.1 Å². The molecule has 13 nitrogen and oxygen atoms in total. The molecule has 0 aromatic carbocycles. The number of hydrogen-bond acceptors (Lipinski definition) is 11. The van der Waals surface area contributed by atoms with Crippen LogP contribution in [-0.2, 0) is 30.6 Å². The number of halogens is 3. The summed E-state index contributed by atoms with van der Waals surface area (Å²) in [5, 5.41) is 29.0. The van der Waals surface area contributed by atoms with E-state index >= 15 is 0 Å². The summed E-state index contributed by atoms with van der Waals surface area (Å²) in [6.45, 7) is 1.29. The van der Waals surface area contributed by atoms with Crippen molar-refractivity contribution >= 4 is 64.8 Å². The lowest BCUT2D eigenvalue weighted by atomic mass is 10.0. The van der Waals surface area contributed by atoms with Crippen molar-refractivity contribution in [3.8, 4) is 0 Å². The van der Waals surface area contributed by atoms with Crippen LogP contribution in [0, 0.1) is 0 Å². The highest BCUT2D eigenvalue weighted by atomic mass is 32.2. The van der Waals surface area contributed by atoms with Crippen molar-refractivity contribution in [2.75, 3.05) is 11.5 Å². The van der Waals surface area contributed by atoms with Crippen LogP contribution in [0.4, 0.5) is 13.2 Å². The Hall–Kier alpha value is -3.42. The second-order valence-electron chi connectivity index (χ2n) is 9.88. The second-order valence-corrected chi connectivity index (χ2v) is 13.2. The fraction of sp³-hybridized carbons (Fsp3) is 0.417. The minimum atomic E-state index is -4.37. The Morgan fingerprint density at radius 3 is 2.53 bits per heavy atom. The monoisotopic (exact) mass is 663 g/mol. The molecule has 1 aromatic rings. The average molecular weight is 664 g/mol. The lowest BCUT2D eigenvalue weighted by Crippen LogP contribution is -2.72. The van der Waals surface area contributed by atoms with Gasteiger partial charge in [-0.15, -0.1) is 23.5 Å². The number of rotatable bonds is 11. The first-order valence-corrected chi connectivity index (χ1v) is 15.2. The first kappa shape index (κ1) is 32.5. The highest BCUT2D eigenvalue weighted by Crippen LogP contribution is 2.41. The normalized spacial score (nSPS) is 23.8. The van der Waals surface area contributed by atoms with Crippen LogP contribution in [0.5, 0.6) is 0 Å². The molecule has 0 spiro atoms. The van der Waals surface area contributed by atoms with Crippen molar-refractivity contribution in [3.63, 3.8) is 0 Å². The van der Waals surface area contributed by atoms with E-state index in [0.717, 1.165) is 21.2 Å². The van der Waals surface area contributed by atoms with E-state index in [0.29, 0.717) is 10.5 Å². The molecule has 19 heteroatoms. The maximum absolute atomic E-state index is 13.3. The number of alkyl halides is 3. The predicted octanol–water partition coefficient (Wildman–Crippen LogP) is 1.02. The van der Waals surface area contributed by atoms with E-state index in [1.165, 1.54) is 73.5 Å². The van der Waals surface area contributed by atoms with E-state index in [4.69, 9.17) is 10.6 Å². The van der Waals surface area contributed by atoms with Gasteiger partial charge in [-0.1, -0.05) is 16.9 Å². The van der Waals surface area contributed by atoms with Crippen molar-refractivity contribution in [1.82, 2.24) is 15.5 Å². The molecule has 0 bridgehead atoms. The number of carboxylic acid groups (broad SMARTS) is 2. The number of nitrogens with two attached hydrogens (primary N) is 1. The second kappa shape index (κ2) is 12.3. The number of fused-ring (bicyclic) bond motifs is 1. The first-order chi connectivity index (χ1) is 20.0. The Morgan fingerprint density at radius 1 is 1.30 bits per heavy atom. The Bertz CT molecular complexity index is 1410. The zero-order valence-corrected chi connectivity index (χ0v) is 24.9. The van der Waals surface area contributed by atoms with Crippen LogP contribution in [0.25, 0.3) is 0 Å². The number of amides is 2. The lowest BCUT2D eigenvalue weighted by molar-refractivity contribution is -0.719. The number of carbonyl (C=O) groups is 4. The van der Waals surface area contributed by atoms with Gasteiger partial charge < -0.3 is 25.7 Å². The number of hydrogen-bond donors (Lipinski definition) is 5. The summed E-state index contributed by atoms with van der Waals surface area (Å²) in [6, 6.07) is 1.82. The largest absolute Gasteiger partial charge is 0.478 e. The molecule has 4 rings (SSSR count). The molecule has 1 fully saturated rings. The topological polar surface area (TPSA) is 188 Å². The molecule has 0 radical (unpaired) electrons. The van der Waals surface area contributed by atoms with Crippen molar-refractivity contribution < 1.29 is 52.0 Å². The molecule has 0 saturated carbocycles. The Morgan fingerprint density at radius 2 is 1.98 bits per heavy atom. The number of pyridine rings is 1. The number of nitrogens with one attached hydrogen (secondary N) is 2. The van der Waals surface area contributed by atoms with Gasteiger partial charge in [0, 0.05) is 34.7 Å². The fourth-order valence-electron chi connectivity index (χ4n) is 3.96. The standard InChI is InChI=1S/C24H25F3N6O7S3/c1-22(2,21(38)39)40-31-16(24(28)29-5-8-43-24)17(34)30-14-18(35)33-15(20(36)37)12(10-42-19(14)33)9-41-13-3-6-32(7-4-13)11-23(25,26)27/h3-8,14,19,29H,9-11,28H2,1-2H3,(H2-,30,34,36,37,38,39)/p+1/b31-16-/t14-,19-,24?/m1/s1. The van der Waals surface area contributed by atoms with Gasteiger partial charge >= 0.3 is 18.1 Å². The van der Waals surface area contributed by atoms with E-state index in [9.17, 15) is 42.6 Å². The van der Waals surface area contributed by atoms with Crippen LogP contribution in [0.15, 0.2) is 57.5 Å². The number of β-lactam (4-membered cyclic amide) rings is 1. The molecule has 6 N–H and O–H groups in total. The van der Waals surface area contributed by atoms with Crippen molar-refractivity contribution in [2.45, 2.75) is 53.5 Å². The Balaban J connectivity index is 1.47. The summed E-state index contributed by atoms with van der Waals surface area (Å²) in [5.41, 5.74) is 4.18. The minimum absolute atomic E-state index is 0.157. The van der Waals surface area contributed by atoms with E-state index in [1.54, 1.807) is 0 Å². The average Bonchev–Trinajstić information content (AvgIpc) is 3.36. The molecule has 1 saturated heterocycles. The zero-order valence-electron chi connectivity index (χ0n) is 22.5.